The number of carbonyl (C=O) groups is 2. The highest BCUT2D eigenvalue weighted by Gasteiger charge is 2.36. The van der Waals surface area contributed by atoms with E-state index in [1.165, 1.54) is 23.2 Å². The highest BCUT2D eigenvalue weighted by molar-refractivity contribution is 5.96. The topological polar surface area (TPSA) is 71.5 Å². The molecule has 1 aromatic heterocycles. The van der Waals surface area contributed by atoms with Crippen molar-refractivity contribution in [3.63, 3.8) is 0 Å². The summed E-state index contributed by atoms with van der Waals surface area (Å²) in [5, 5.41) is 2.88. The molecule has 0 bridgehead atoms. The van der Waals surface area contributed by atoms with Crippen molar-refractivity contribution in [3.8, 4) is 0 Å². The Morgan fingerprint density at radius 2 is 1.82 bits per heavy atom. The second-order valence-corrected chi connectivity index (χ2v) is 7.93. The average Bonchev–Trinajstić information content (AvgIpc) is 3.37. The van der Waals surface area contributed by atoms with Crippen LogP contribution in [0.1, 0.15) is 40.5 Å². The number of pyridine rings is 1. The van der Waals surface area contributed by atoms with Gasteiger partial charge < -0.3 is 15.0 Å². The molecule has 1 N–H and O–H groups in total. The molecule has 170 valence electrons. The van der Waals surface area contributed by atoms with E-state index in [0.29, 0.717) is 6.61 Å². The first-order valence-electron chi connectivity index (χ1n) is 11.0. The van der Waals surface area contributed by atoms with Crippen LogP contribution in [0.3, 0.4) is 0 Å². The Balaban J connectivity index is 1.69. The first-order valence-corrected chi connectivity index (χ1v) is 11.0. The Hall–Kier alpha value is -3.58. The van der Waals surface area contributed by atoms with Gasteiger partial charge in [-0.1, -0.05) is 54.6 Å². The molecule has 0 radical (unpaired) electrons. The third-order valence-electron chi connectivity index (χ3n) is 5.64. The molecule has 2 atom stereocenters. The molecule has 2 heterocycles. The second kappa shape index (κ2) is 10.8. The minimum atomic E-state index is -1.17. The molecule has 1 aliphatic heterocycles. The quantitative estimate of drug-likeness (QED) is 0.569. The fourth-order valence-corrected chi connectivity index (χ4v) is 3.98. The van der Waals surface area contributed by atoms with Crippen molar-refractivity contribution in [1.82, 2.24) is 15.2 Å². The van der Waals surface area contributed by atoms with Crippen LogP contribution < -0.4 is 5.32 Å². The maximum absolute atomic E-state index is 14.9. The molecule has 2 aromatic carbocycles. The average molecular weight is 448 g/mol. The molecule has 0 spiro atoms. The maximum Gasteiger partial charge on any atom is 0.273 e. The minimum absolute atomic E-state index is 0.130. The highest BCUT2D eigenvalue weighted by atomic mass is 19.1. The van der Waals surface area contributed by atoms with Crippen molar-refractivity contribution in [2.75, 3.05) is 13.2 Å². The van der Waals surface area contributed by atoms with Crippen LogP contribution in [0.25, 0.3) is 0 Å². The van der Waals surface area contributed by atoms with Gasteiger partial charge in [0.05, 0.1) is 6.10 Å². The van der Waals surface area contributed by atoms with Crippen LogP contribution in [-0.2, 0) is 16.1 Å². The lowest BCUT2D eigenvalue weighted by Crippen LogP contribution is -2.47. The van der Waals surface area contributed by atoms with Gasteiger partial charge in [0.15, 0.2) is 0 Å². The smallest absolute Gasteiger partial charge is 0.273 e. The third kappa shape index (κ3) is 5.62. The van der Waals surface area contributed by atoms with Gasteiger partial charge in [0, 0.05) is 31.5 Å². The molecule has 3 aromatic rings. The van der Waals surface area contributed by atoms with Crippen molar-refractivity contribution in [1.29, 1.82) is 0 Å². The molecule has 1 saturated heterocycles. The zero-order valence-electron chi connectivity index (χ0n) is 18.2. The molecule has 0 unspecified atom stereocenters. The van der Waals surface area contributed by atoms with E-state index in [-0.39, 0.29) is 30.5 Å². The van der Waals surface area contributed by atoms with Crippen LogP contribution in [-0.4, -0.2) is 41.0 Å². The number of amides is 2. The van der Waals surface area contributed by atoms with E-state index < -0.39 is 23.7 Å². The summed E-state index contributed by atoms with van der Waals surface area (Å²) in [7, 11) is 0. The molecule has 1 fully saturated rings. The van der Waals surface area contributed by atoms with E-state index in [1.54, 1.807) is 30.3 Å². The number of hydrogen-bond acceptors (Lipinski definition) is 4. The lowest BCUT2D eigenvalue weighted by atomic mass is 10.0. The zero-order valence-corrected chi connectivity index (χ0v) is 18.2. The SMILES string of the molecule is O=C(NCc1ccccc1)[C@H](c1ccccc1F)N(C[C@H]1CCCO1)C(=O)c1ccccn1. The lowest BCUT2D eigenvalue weighted by molar-refractivity contribution is -0.126. The number of aromatic nitrogens is 1. The number of nitrogens with one attached hydrogen (secondary N) is 1. The Morgan fingerprint density at radius 1 is 1.06 bits per heavy atom. The zero-order chi connectivity index (χ0) is 23.0. The van der Waals surface area contributed by atoms with E-state index in [0.717, 1.165) is 18.4 Å². The Kier molecular flexibility index (Phi) is 7.42. The van der Waals surface area contributed by atoms with Crippen molar-refractivity contribution >= 4 is 11.8 Å². The molecule has 2 amide bonds. The number of carbonyl (C=O) groups excluding carboxylic acids is 2. The Morgan fingerprint density at radius 3 is 2.52 bits per heavy atom. The summed E-state index contributed by atoms with van der Waals surface area (Å²) < 4.78 is 20.7. The first kappa shape index (κ1) is 22.6. The van der Waals surface area contributed by atoms with Crippen molar-refractivity contribution in [2.24, 2.45) is 0 Å². The summed E-state index contributed by atoms with van der Waals surface area (Å²) >= 11 is 0. The van der Waals surface area contributed by atoms with Crippen LogP contribution >= 0.6 is 0 Å². The maximum atomic E-state index is 14.9. The lowest BCUT2D eigenvalue weighted by Gasteiger charge is -2.33. The van der Waals surface area contributed by atoms with Crippen molar-refractivity contribution < 1.29 is 18.7 Å². The van der Waals surface area contributed by atoms with Gasteiger partial charge in [-0.2, -0.15) is 0 Å². The van der Waals surface area contributed by atoms with Gasteiger partial charge in [-0.15, -0.1) is 0 Å². The highest BCUT2D eigenvalue weighted by Crippen LogP contribution is 2.28. The fourth-order valence-electron chi connectivity index (χ4n) is 3.98. The van der Waals surface area contributed by atoms with Gasteiger partial charge in [0.2, 0.25) is 5.91 Å². The van der Waals surface area contributed by atoms with Crippen LogP contribution in [0.4, 0.5) is 4.39 Å². The van der Waals surface area contributed by atoms with Crippen LogP contribution in [0.5, 0.6) is 0 Å². The number of halogens is 1. The molecule has 0 aliphatic carbocycles. The standard InChI is InChI=1S/C26H26FN3O3/c27-22-13-5-4-12-21(22)24(25(31)29-17-19-9-2-1-3-10-19)30(18-20-11-8-16-33-20)26(32)23-14-6-7-15-28-23/h1-7,9-10,12-15,20,24H,8,11,16-18H2,(H,29,31)/t20-,24+/m1/s1. The molecule has 1 aliphatic rings. The van der Waals surface area contributed by atoms with Gasteiger partial charge in [-0.3, -0.25) is 14.6 Å². The van der Waals surface area contributed by atoms with Crippen LogP contribution in [0.2, 0.25) is 0 Å². The molecule has 6 nitrogen and oxygen atoms in total. The summed E-state index contributed by atoms with van der Waals surface area (Å²) in [5.74, 6) is -1.47. The molecule has 7 heteroatoms. The number of hydrogen-bond donors (Lipinski definition) is 1. The van der Waals surface area contributed by atoms with E-state index in [1.807, 2.05) is 30.3 Å². The van der Waals surface area contributed by atoms with Crippen LogP contribution in [0, 0.1) is 5.82 Å². The number of ether oxygens (including phenoxy) is 1. The van der Waals surface area contributed by atoms with Crippen LogP contribution in [0.15, 0.2) is 79.0 Å². The minimum Gasteiger partial charge on any atom is -0.376 e. The normalized spacial score (nSPS) is 16.2. The molecular formula is C26H26FN3O3. The first-order chi connectivity index (χ1) is 16.1. The number of nitrogens with zero attached hydrogens (tertiary/aromatic N) is 2. The van der Waals surface area contributed by atoms with Gasteiger partial charge in [-0.25, -0.2) is 4.39 Å². The van der Waals surface area contributed by atoms with Crippen molar-refractivity contribution in [3.05, 3.63) is 102 Å². The molecular weight excluding hydrogens is 421 g/mol. The Labute approximate surface area is 192 Å². The summed E-state index contributed by atoms with van der Waals surface area (Å²) in [6.07, 6.45) is 2.93. The molecule has 4 rings (SSSR count). The fraction of sp³-hybridized carbons (Fsp3) is 0.269. The molecule has 0 saturated carbocycles. The van der Waals surface area contributed by atoms with Crippen molar-refractivity contribution in [2.45, 2.75) is 31.5 Å². The summed E-state index contributed by atoms with van der Waals surface area (Å²) in [5.41, 5.74) is 1.22. The second-order valence-electron chi connectivity index (χ2n) is 7.93. The van der Waals surface area contributed by atoms with Gasteiger partial charge in [0.1, 0.15) is 17.6 Å². The van der Waals surface area contributed by atoms with Gasteiger partial charge >= 0.3 is 0 Å². The van der Waals surface area contributed by atoms with E-state index in [9.17, 15) is 14.0 Å². The predicted molar refractivity (Wildman–Crippen MR) is 122 cm³/mol. The Bertz CT molecular complexity index is 1070. The van der Waals surface area contributed by atoms with Gasteiger partial charge in [-0.05, 0) is 36.6 Å². The monoisotopic (exact) mass is 447 g/mol. The van der Waals surface area contributed by atoms with E-state index >= 15 is 0 Å². The largest absolute Gasteiger partial charge is 0.376 e. The third-order valence-corrected chi connectivity index (χ3v) is 5.64. The summed E-state index contributed by atoms with van der Waals surface area (Å²) in [6, 6.07) is 19.3. The summed E-state index contributed by atoms with van der Waals surface area (Å²) in [6.45, 7) is 1.02. The predicted octanol–water partition coefficient (Wildman–Crippen LogP) is 3.90. The molecule has 33 heavy (non-hydrogen) atoms. The van der Waals surface area contributed by atoms with Gasteiger partial charge in [0.25, 0.3) is 5.91 Å². The number of rotatable bonds is 8. The van der Waals surface area contributed by atoms with E-state index in [2.05, 4.69) is 10.3 Å². The number of benzene rings is 2. The van der Waals surface area contributed by atoms with E-state index in [4.69, 9.17) is 4.74 Å². The summed E-state index contributed by atoms with van der Waals surface area (Å²) in [4.78, 5) is 32.6.